The van der Waals surface area contributed by atoms with Crippen LogP contribution in [0.4, 0.5) is 11.4 Å². The van der Waals surface area contributed by atoms with Gasteiger partial charge in [0.25, 0.3) is 10.9 Å². The second-order valence-corrected chi connectivity index (χ2v) is 23.6. The van der Waals surface area contributed by atoms with Crippen molar-refractivity contribution in [3.8, 4) is 0 Å². The van der Waals surface area contributed by atoms with E-state index >= 15 is 0 Å². The number of aliphatic hydroxyl groups is 1. The van der Waals surface area contributed by atoms with Gasteiger partial charge in [-0.15, -0.1) is 0 Å². The van der Waals surface area contributed by atoms with Crippen molar-refractivity contribution < 1.29 is 43.5 Å². The molecule has 11 N–H and O–H groups in total. The number of likely N-dealkylation sites (N-methyl/N-ethyl adjacent to an activating group) is 2. The van der Waals surface area contributed by atoms with Crippen molar-refractivity contribution in [1.29, 1.82) is 0 Å². The summed E-state index contributed by atoms with van der Waals surface area (Å²) in [6.45, 7) is 4.21. The molecule has 11 atom stereocenters. The summed E-state index contributed by atoms with van der Waals surface area (Å²) < 4.78 is 0. The molecule has 8 amide bonds. The predicted molar refractivity (Wildman–Crippen MR) is 333 cm³/mol. The highest BCUT2D eigenvalue weighted by Gasteiger charge is 2.50. The number of aliphatic hydroxyl groups excluding tert-OH is 1. The quantitative estimate of drug-likeness (QED) is 0.0263. The number of rotatable bonds is 30. The van der Waals surface area contributed by atoms with Crippen LogP contribution >= 0.6 is 0 Å². The Hall–Kier alpha value is -8.02. The minimum atomic E-state index is -1.09. The van der Waals surface area contributed by atoms with Crippen molar-refractivity contribution >= 4 is 58.6 Å². The van der Waals surface area contributed by atoms with Gasteiger partial charge in [-0.05, 0) is 114 Å². The SMILES string of the molecule is CC[C@H](NC)C(=O)NC1C(=O)N2[C@@H](CC[C@@H]1CNC(=O)CCCNc1c(NCCCCNC(=O)[C@@H](NC(=O)[C@@H]3CC[C@@H]4CC[C@H](CO)[C@H](NC(=O)[C@H](CC)NC)C(=O)N43)c3ccccc3)c(=O)c1=O)CC[C@H]2C(=O)NC(c1ccccc1)c1ccccc1. The summed E-state index contributed by atoms with van der Waals surface area (Å²) in [6.07, 6.45) is 6.38. The Morgan fingerprint density at radius 1 is 0.523 bits per heavy atom. The summed E-state index contributed by atoms with van der Waals surface area (Å²) in [5.41, 5.74) is 1.22. The van der Waals surface area contributed by atoms with Crippen molar-refractivity contribution in [2.45, 2.75) is 164 Å². The van der Waals surface area contributed by atoms with E-state index in [9.17, 15) is 53.1 Å². The van der Waals surface area contributed by atoms with Gasteiger partial charge in [-0.3, -0.25) is 47.9 Å². The monoisotopic (exact) mass is 1210 g/mol. The molecular formula is C65H88N12O11. The fraction of sp³-hybridized carbons (Fsp3) is 0.538. The van der Waals surface area contributed by atoms with Gasteiger partial charge in [0, 0.05) is 63.1 Å². The van der Waals surface area contributed by atoms with Gasteiger partial charge in [-0.1, -0.05) is 105 Å². The predicted octanol–water partition coefficient (Wildman–Crippen LogP) is 2.16. The van der Waals surface area contributed by atoms with Crippen LogP contribution in [0.5, 0.6) is 0 Å². The van der Waals surface area contributed by atoms with E-state index in [1.807, 2.05) is 74.5 Å². The third kappa shape index (κ3) is 15.8. The largest absolute Gasteiger partial charge is 0.396 e. The Labute approximate surface area is 514 Å². The zero-order chi connectivity index (χ0) is 62.9. The third-order valence-electron chi connectivity index (χ3n) is 18.1. The maximum atomic E-state index is 14.8. The van der Waals surface area contributed by atoms with E-state index in [2.05, 4.69) is 53.2 Å². The summed E-state index contributed by atoms with van der Waals surface area (Å²) in [6, 6.07) is 21.2. The average molecular weight is 1210 g/mol. The van der Waals surface area contributed by atoms with E-state index in [0.29, 0.717) is 95.6 Å². The highest BCUT2D eigenvalue weighted by atomic mass is 16.3. The summed E-state index contributed by atoms with van der Waals surface area (Å²) in [7, 11) is 3.33. The normalized spacial score (nSPS) is 22.7. The Morgan fingerprint density at radius 3 is 1.45 bits per heavy atom. The number of unbranched alkanes of at least 4 members (excludes halogenated alkanes) is 1. The minimum absolute atomic E-state index is 0.0608. The average Bonchev–Trinajstić information content (AvgIpc) is 1.87. The molecule has 0 bridgehead atoms. The second kappa shape index (κ2) is 31.8. The van der Waals surface area contributed by atoms with E-state index in [1.165, 1.54) is 4.90 Å². The van der Waals surface area contributed by atoms with E-state index in [1.54, 1.807) is 49.3 Å². The fourth-order valence-corrected chi connectivity index (χ4v) is 13.1. The van der Waals surface area contributed by atoms with E-state index in [-0.39, 0.29) is 85.7 Å². The van der Waals surface area contributed by atoms with Crippen LogP contribution in [-0.2, 0) is 38.4 Å². The molecule has 1 unspecified atom stereocenters. The number of nitrogens with one attached hydrogen (secondary N) is 10. The van der Waals surface area contributed by atoms with Crippen LogP contribution in [0.15, 0.2) is 101 Å². The number of nitrogens with zero attached hydrogens (tertiary/aromatic N) is 2. The first kappa shape index (κ1) is 65.9. The molecule has 4 aromatic carbocycles. The summed E-state index contributed by atoms with van der Waals surface area (Å²) in [4.78, 5) is 140. The first-order valence-electron chi connectivity index (χ1n) is 31.4. The molecule has 8 rings (SSSR count). The summed E-state index contributed by atoms with van der Waals surface area (Å²) in [5, 5.41) is 40.1. The van der Waals surface area contributed by atoms with Gasteiger partial charge in [0.1, 0.15) is 41.6 Å². The molecule has 4 heterocycles. The number of amides is 8. The molecule has 4 aliphatic heterocycles. The van der Waals surface area contributed by atoms with Crippen molar-refractivity contribution in [2.75, 3.05) is 57.5 Å². The first-order valence-corrected chi connectivity index (χ1v) is 31.4. The number of carbonyl (C=O) groups is 8. The molecule has 474 valence electrons. The molecule has 4 saturated heterocycles. The smallest absolute Gasteiger partial charge is 0.253 e. The molecule has 23 heteroatoms. The number of hydrogen-bond donors (Lipinski definition) is 11. The van der Waals surface area contributed by atoms with Crippen LogP contribution < -0.4 is 64.0 Å². The minimum Gasteiger partial charge on any atom is -0.396 e. The number of carbonyl (C=O) groups excluding carboxylic acids is 8. The molecule has 4 fully saturated rings. The maximum absolute atomic E-state index is 14.8. The van der Waals surface area contributed by atoms with Gasteiger partial charge in [-0.2, -0.15) is 0 Å². The Bertz CT molecular complexity index is 3060. The van der Waals surface area contributed by atoms with Crippen LogP contribution in [0.2, 0.25) is 0 Å². The lowest BCUT2D eigenvalue weighted by atomic mass is 9.92. The molecule has 23 nitrogen and oxygen atoms in total. The Morgan fingerprint density at radius 2 is 0.966 bits per heavy atom. The molecule has 0 radical (unpaired) electrons. The van der Waals surface area contributed by atoms with Crippen molar-refractivity contribution in [1.82, 2.24) is 52.3 Å². The second-order valence-electron chi connectivity index (χ2n) is 23.6. The maximum Gasteiger partial charge on any atom is 0.253 e. The summed E-state index contributed by atoms with van der Waals surface area (Å²) >= 11 is 0. The molecule has 0 aliphatic carbocycles. The molecule has 0 spiro atoms. The van der Waals surface area contributed by atoms with Crippen molar-refractivity contribution in [3.63, 3.8) is 0 Å². The van der Waals surface area contributed by atoms with Gasteiger partial charge >= 0.3 is 0 Å². The van der Waals surface area contributed by atoms with E-state index in [0.717, 1.165) is 11.1 Å². The molecule has 4 aromatic rings. The molecule has 88 heavy (non-hydrogen) atoms. The van der Waals surface area contributed by atoms with Gasteiger partial charge in [-0.25, -0.2) is 0 Å². The van der Waals surface area contributed by atoms with Crippen LogP contribution in [0.1, 0.15) is 133 Å². The van der Waals surface area contributed by atoms with Crippen LogP contribution in [0.3, 0.4) is 0 Å². The van der Waals surface area contributed by atoms with Gasteiger partial charge < -0.3 is 68.1 Å². The summed E-state index contributed by atoms with van der Waals surface area (Å²) in [5.74, 6) is -4.08. The van der Waals surface area contributed by atoms with E-state index < -0.39 is 88.7 Å². The lowest BCUT2D eigenvalue weighted by molar-refractivity contribution is -0.144. The standard InChI is InChI=1S/C65H88N12O11/c1-5-46(66-3)59(82)74-53-42(26-28-44-30-32-48(76(44)64(53)87)61(84)72-51(39-19-10-7-11-20-39)40-21-12-8-13-22-40)37-71-50(79)25-18-36-69-56-55(57(80)58(56)81)68-34-16-17-35-70-63(86)52(41-23-14-9-15-24-41)73-62(85)49-33-31-45-29-27-43(38-78)54(65(88)77(45)49)75-60(83)47(6-2)67-4/h7-15,19-24,42-49,51-54,66-69,78H,5-6,16-18,25-38H2,1-4H3,(H,70,86)(H,71,79)(H,72,84)(H,73,85)(H,74,82)(H,75,83)/t42-,43-,44+,45+,46+,47+,48+,49+,52+,53?,54+/m1/s1. The van der Waals surface area contributed by atoms with Crippen molar-refractivity contribution in [2.24, 2.45) is 11.8 Å². The molecule has 0 saturated carbocycles. The zero-order valence-electron chi connectivity index (χ0n) is 50.9. The fourth-order valence-electron chi connectivity index (χ4n) is 13.1. The highest BCUT2D eigenvalue weighted by Crippen LogP contribution is 2.37. The first-order chi connectivity index (χ1) is 42.6. The lowest BCUT2D eigenvalue weighted by Gasteiger charge is -2.33. The van der Waals surface area contributed by atoms with E-state index in [4.69, 9.17) is 0 Å². The number of fused-ring (bicyclic) bond motifs is 2. The van der Waals surface area contributed by atoms with Crippen LogP contribution in [0, 0.1) is 11.8 Å². The number of anilines is 2. The van der Waals surface area contributed by atoms with Crippen LogP contribution in [-0.4, -0.2) is 157 Å². The topological polar surface area (TPSA) is 318 Å². The number of hydrogen-bond acceptors (Lipinski definition) is 15. The third-order valence-corrected chi connectivity index (χ3v) is 18.1. The Kier molecular flexibility index (Phi) is 23.8. The highest BCUT2D eigenvalue weighted by molar-refractivity contribution is 5.97. The molecular weight excluding hydrogens is 1120 g/mol. The lowest BCUT2D eigenvalue weighted by Crippen LogP contribution is -2.59. The van der Waals surface area contributed by atoms with Gasteiger partial charge in [0.2, 0.25) is 47.3 Å². The Balaban J connectivity index is 0.795. The van der Waals surface area contributed by atoms with Gasteiger partial charge in [0.15, 0.2) is 0 Å². The van der Waals surface area contributed by atoms with Crippen molar-refractivity contribution in [3.05, 3.63) is 128 Å². The molecule has 4 aliphatic rings. The van der Waals surface area contributed by atoms with Gasteiger partial charge in [0.05, 0.1) is 18.1 Å². The zero-order valence-corrected chi connectivity index (χ0v) is 50.9. The number of benzene rings is 3. The molecule has 0 aromatic heterocycles. The van der Waals surface area contributed by atoms with Crippen LogP contribution in [0.25, 0.3) is 0 Å².